The van der Waals surface area contributed by atoms with E-state index in [1.807, 2.05) is 5.38 Å². The molecule has 2 aromatic carbocycles. The van der Waals surface area contributed by atoms with Gasteiger partial charge in [0.05, 0.1) is 15.1 Å². The van der Waals surface area contributed by atoms with E-state index in [0.717, 1.165) is 10.6 Å². The van der Waals surface area contributed by atoms with Crippen LogP contribution in [0.2, 0.25) is 10.0 Å². The Hall–Kier alpha value is -3.22. The van der Waals surface area contributed by atoms with Crippen LogP contribution in [0.5, 0.6) is 5.75 Å². The molecule has 1 fully saturated rings. The number of thiazole rings is 1. The number of amides is 1. The van der Waals surface area contributed by atoms with Crippen LogP contribution < -0.4 is 4.74 Å². The lowest BCUT2D eigenvalue weighted by molar-refractivity contribution is -0.134. The van der Waals surface area contributed by atoms with Gasteiger partial charge in [0.2, 0.25) is 29.1 Å². The first kappa shape index (κ1) is 27.4. The van der Waals surface area contributed by atoms with E-state index in [2.05, 4.69) is 14.9 Å². The fourth-order valence-corrected chi connectivity index (χ4v) is 5.37. The normalized spacial score (nSPS) is 14.2. The van der Waals surface area contributed by atoms with Gasteiger partial charge in [-0.25, -0.2) is 18.2 Å². The Bertz CT molecular complexity index is 1530. The first-order valence-electron chi connectivity index (χ1n) is 11.4. The fourth-order valence-electron chi connectivity index (χ4n) is 4.09. The summed E-state index contributed by atoms with van der Waals surface area (Å²) >= 11 is 13.5. The number of aromatic nitrogens is 2. The van der Waals surface area contributed by atoms with E-state index in [4.69, 9.17) is 27.7 Å². The van der Waals surface area contributed by atoms with E-state index in [9.17, 15) is 26.7 Å². The molecule has 0 atom stereocenters. The number of carbonyl (C=O) groups is 1. The van der Waals surface area contributed by atoms with Crippen molar-refractivity contribution in [2.24, 2.45) is 0 Å². The Labute approximate surface area is 231 Å². The summed E-state index contributed by atoms with van der Waals surface area (Å²) in [6.45, 7) is -0.289. The fraction of sp³-hybridized carbons (Fsp3) is 0.240. The maximum absolute atomic E-state index is 13.8. The molecule has 0 unspecified atom stereocenters. The van der Waals surface area contributed by atoms with Crippen LogP contribution in [0, 0.1) is 29.1 Å². The highest BCUT2D eigenvalue weighted by molar-refractivity contribution is 7.10. The Kier molecular flexibility index (Phi) is 7.79. The molecule has 0 radical (unpaired) electrons. The Morgan fingerprint density at radius 2 is 1.64 bits per heavy atom. The molecule has 0 saturated carbocycles. The third-order valence-electron chi connectivity index (χ3n) is 6.21. The van der Waals surface area contributed by atoms with Gasteiger partial charge in [0.15, 0.2) is 18.1 Å². The van der Waals surface area contributed by atoms with Crippen LogP contribution in [0.25, 0.3) is 22.7 Å². The van der Waals surface area contributed by atoms with Gasteiger partial charge in [0.25, 0.3) is 5.91 Å². The van der Waals surface area contributed by atoms with Crippen LogP contribution in [-0.2, 0) is 4.79 Å². The van der Waals surface area contributed by atoms with Crippen LogP contribution in [0.4, 0.5) is 22.0 Å². The maximum Gasteiger partial charge on any atom is 0.260 e. The highest BCUT2D eigenvalue weighted by Gasteiger charge is 2.30. The van der Waals surface area contributed by atoms with Crippen LogP contribution >= 0.6 is 34.5 Å². The minimum Gasteiger partial charge on any atom is -0.477 e. The number of rotatable bonds is 6. The second-order valence-electron chi connectivity index (χ2n) is 8.62. The van der Waals surface area contributed by atoms with Gasteiger partial charge in [0, 0.05) is 36.0 Å². The molecule has 39 heavy (non-hydrogen) atoms. The molecule has 0 aliphatic carbocycles. The number of hydrogen-bond donors (Lipinski definition) is 0. The summed E-state index contributed by atoms with van der Waals surface area (Å²) in [5.41, 5.74) is 1.90. The van der Waals surface area contributed by atoms with Gasteiger partial charge in [-0.05, 0) is 25.0 Å². The predicted molar refractivity (Wildman–Crippen MR) is 133 cm³/mol. The molecule has 1 aliphatic heterocycles. The quantitative estimate of drug-likeness (QED) is 0.132. The lowest BCUT2D eigenvalue weighted by Gasteiger charge is -2.31. The van der Waals surface area contributed by atoms with E-state index in [1.54, 1.807) is 24.3 Å². The highest BCUT2D eigenvalue weighted by Crippen LogP contribution is 2.35. The number of carbonyl (C=O) groups excluding carboxylic acids is 1. The molecular formula is C25H16Cl2F5N3O3S. The van der Waals surface area contributed by atoms with E-state index in [1.165, 1.54) is 16.2 Å². The summed E-state index contributed by atoms with van der Waals surface area (Å²) < 4.78 is 77.6. The minimum absolute atomic E-state index is 0.0429. The average molecular weight is 604 g/mol. The van der Waals surface area contributed by atoms with Crippen LogP contribution in [0.15, 0.2) is 34.2 Å². The van der Waals surface area contributed by atoms with Gasteiger partial charge < -0.3 is 14.2 Å². The van der Waals surface area contributed by atoms with Gasteiger partial charge >= 0.3 is 0 Å². The molecule has 1 aliphatic rings. The summed E-state index contributed by atoms with van der Waals surface area (Å²) in [6, 6.07) is 6.86. The molecule has 14 heteroatoms. The molecular weight excluding hydrogens is 588 g/mol. The molecule has 4 aromatic rings. The van der Waals surface area contributed by atoms with Crippen molar-refractivity contribution >= 4 is 40.4 Å². The van der Waals surface area contributed by atoms with Crippen molar-refractivity contribution in [3.8, 4) is 28.5 Å². The van der Waals surface area contributed by atoms with Crippen molar-refractivity contribution in [1.29, 1.82) is 0 Å². The Balaban J connectivity index is 1.18. The third-order valence-corrected chi connectivity index (χ3v) is 7.95. The molecule has 0 spiro atoms. The predicted octanol–water partition coefficient (Wildman–Crippen LogP) is 7.25. The summed E-state index contributed by atoms with van der Waals surface area (Å²) in [5.74, 6) is -12.5. The zero-order chi connectivity index (χ0) is 27.8. The van der Waals surface area contributed by atoms with Crippen molar-refractivity contribution in [2.45, 2.75) is 18.8 Å². The maximum atomic E-state index is 13.8. The van der Waals surface area contributed by atoms with Gasteiger partial charge in [-0.2, -0.15) is 8.78 Å². The molecule has 3 heterocycles. The number of halogens is 7. The van der Waals surface area contributed by atoms with Crippen LogP contribution in [0.3, 0.4) is 0 Å². The summed E-state index contributed by atoms with van der Waals surface area (Å²) in [5, 5.41) is 7.56. The van der Waals surface area contributed by atoms with Crippen LogP contribution in [0.1, 0.15) is 23.8 Å². The monoisotopic (exact) mass is 603 g/mol. The number of nitrogens with zero attached hydrogens (tertiary/aromatic N) is 3. The minimum atomic E-state index is -2.30. The van der Waals surface area contributed by atoms with Crippen molar-refractivity contribution in [3.05, 3.63) is 73.8 Å². The summed E-state index contributed by atoms with van der Waals surface area (Å²) in [6.07, 6.45) is 1.10. The Morgan fingerprint density at radius 1 is 0.974 bits per heavy atom. The van der Waals surface area contributed by atoms with Gasteiger partial charge in [-0.3, -0.25) is 4.79 Å². The zero-order valence-electron chi connectivity index (χ0n) is 19.6. The standard InChI is InChI=1S/C25H16Cl2F5N3O3S/c26-13-2-1-12(7-14(13)27)15-8-17(38-34-15)16-10-39-25(33-16)11-3-5-35(6-4-11)18(36)9-37-24-22(31)20(29)19(28)21(30)23(24)32/h1-2,7-8,10-11H,3-6,9H2. The Morgan fingerprint density at radius 3 is 2.31 bits per heavy atom. The van der Waals surface area contributed by atoms with Gasteiger partial charge in [-0.1, -0.05) is 34.4 Å². The average Bonchev–Trinajstić information content (AvgIpc) is 3.63. The number of piperidine rings is 1. The van der Waals surface area contributed by atoms with Crippen molar-refractivity contribution in [1.82, 2.24) is 15.0 Å². The number of likely N-dealkylation sites (tertiary alicyclic amines) is 1. The topological polar surface area (TPSA) is 68.5 Å². The molecule has 1 saturated heterocycles. The third kappa shape index (κ3) is 5.45. The van der Waals surface area contributed by atoms with Crippen molar-refractivity contribution in [3.63, 3.8) is 0 Å². The van der Waals surface area contributed by atoms with Gasteiger partial charge in [0.1, 0.15) is 11.4 Å². The first-order valence-corrected chi connectivity index (χ1v) is 13.1. The van der Waals surface area contributed by atoms with Crippen LogP contribution in [-0.4, -0.2) is 40.6 Å². The summed E-state index contributed by atoms with van der Waals surface area (Å²) in [7, 11) is 0. The lowest BCUT2D eigenvalue weighted by atomic mass is 9.97. The number of hydrogen-bond acceptors (Lipinski definition) is 6. The molecule has 1 amide bonds. The second kappa shape index (κ2) is 11.1. The largest absolute Gasteiger partial charge is 0.477 e. The van der Waals surface area contributed by atoms with Gasteiger partial charge in [-0.15, -0.1) is 11.3 Å². The molecule has 204 valence electrons. The smallest absolute Gasteiger partial charge is 0.260 e. The number of ether oxygens (including phenoxy) is 1. The van der Waals surface area contributed by atoms with Crippen molar-refractivity contribution in [2.75, 3.05) is 19.7 Å². The number of benzene rings is 2. The zero-order valence-corrected chi connectivity index (χ0v) is 21.9. The highest BCUT2D eigenvalue weighted by atomic mass is 35.5. The second-order valence-corrected chi connectivity index (χ2v) is 10.3. The first-order chi connectivity index (χ1) is 18.6. The van der Waals surface area contributed by atoms with E-state index < -0.39 is 47.3 Å². The summed E-state index contributed by atoms with van der Waals surface area (Å²) in [4.78, 5) is 18.5. The van der Waals surface area contributed by atoms with E-state index >= 15 is 0 Å². The molecule has 6 nitrogen and oxygen atoms in total. The molecule has 5 rings (SSSR count). The van der Waals surface area contributed by atoms with Crippen molar-refractivity contribution < 1.29 is 36.0 Å². The van der Waals surface area contributed by atoms with E-state index in [-0.39, 0.29) is 5.92 Å². The molecule has 2 aromatic heterocycles. The van der Waals surface area contributed by atoms with E-state index in [0.29, 0.717) is 53.1 Å². The lowest BCUT2D eigenvalue weighted by Crippen LogP contribution is -2.40. The SMILES string of the molecule is O=C(COc1c(F)c(F)c(F)c(F)c1F)N1CCC(c2nc(-c3cc(-c4ccc(Cl)c(Cl)c4)no3)cs2)CC1. The molecule has 0 bridgehead atoms. The molecule has 0 N–H and O–H groups in total.